The van der Waals surface area contributed by atoms with E-state index in [4.69, 9.17) is 5.32 Å². The second-order valence-corrected chi connectivity index (χ2v) is 13.0. The largest absolute Gasteiger partial charge is 0.242 e. The van der Waals surface area contributed by atoms with Gasteiger partial charge in [0.15, 0.2) is 0 Å². The Hall–Kier alpha value is -0.0400. The summed E-state index contributed by atoms with van der Waals surface area (Å²) in [4.78, 5) is 0. The fourth-order valence-electron chi connectivity index (χ4n) is 6.01. The van der Waals surface area contributed by atoms with E-state index in [1.165, 1.54) is 218 Å². The highest BCUT2D eigenvalue weighted by molar-refractivity contribution is 4.54. The highest BCUT2D eigenvalue weighted by atomic mass is 14.8. The Morgan fingerprint density at radius 2 is 0.359 bits per heavy atom. The molecule has 39 heavy (non-hydrogen) atoms. The van der Waals surface area contributed by atoms with Gasteiger partial charge in [0.2, 0.25) is 0 Å². The Kier molecular flexibility index (Phi) is 37.9. The Balaban J connectivity index is 3.01. The highest BCUT2D eigenvalue weighted by Gasteiger charge is 1.97. The number of hydrogen-bond donors (Lipinski definition) is 0. The molecule has 0 amide bonds. The number of nitrogens with zero attached hydrogens (tertiary/aromatic N) is 1. The summed E-state index contributed by atoms with van der Waals surface area (Å²) in [5.74, 6) is 0. The van der Waals surface area contributed by atoms with Gasteiger partial charge in [0, 0.05) is 13.1 Å². The molecule has 1 nitrogen and oxygen atoms in total. The first-order valence-electron chi connectivity index (χ1n) is 19.0. The fraction of sp³-hybridized carbons (Fsp3) is 1.00. The number of unbranched alkanes of at least 4 members (excludes halogenated alkanes) is 32. The molecule has 0 N–H and O–H groups in total. The van der Waals surface area contributed by atoms with Gasteiger partial charge in [-0.15, -0.1) is 0 Å². The van der Waals surface area contributed by atoms with Crippen molar-refractivity contribution in [3.05, 3.63) is 0 Å². The molecule has 0 unspecified atom stereocenters. The predicted octanol–water partition coefficient (Wildman–Crippen LogP) is 13.9. The first-order valence-corrected chi connectivity index (χ1v) is 19.0. The summed E-state index contributed by atoms with van der Waals surface area (Å²) in [5, 5.41) is 4.79. The third-order valence-corrected chi connectivity index (χ3v) is 8.84. The maximum atomic E-state index is 4.79. The second kappa shape index (κ2) is 38.0. The van der Waals surface area contributed by atoms with E-state index < -0.39 is 0 Å². The summed E-state index contributed by atoms with van der Waals surface area (Å²) in [6, 6.07) is 0. The molecule has 1 radical (unpaired) electrons. The normalized spacial score (nSPS) is 11.5. The summed E-state index contributed by atoms with van der Waals surface area (Å²) in [5.41, 5.74) is 0. The zero-order chi connectivity index (χ0) is 28.2. The lowest BCUT2D eigenvalue weighted by atomic mass is 10.0. The van der Waals surface area contributed by atoms with Crippen LogP contribution < -0.4 is 5.32 Å². The average molecular weight is 549 g/mol. The molecule has 235 valence electrons. The molecule has 0 aromatic carbocycles. The van der Waals surface area contributed by atoms with Crippen LogP contribution in [0.4, 0.5) is 0 Å². The minimum absolute atomic E-state index is 1.12. The van der Waals surface area contributed by atoms with Crippen LogP contribution in [-0.2, 0) is 0 Å². The van der Waals surface area contributed by atoms with Gasteiger partial charge in [0.25, 0.3) is 0 Å². The van der Waals surface area contributed by atoms with E-state index in [-0.39, 0.29) is 0 Å². The van der Waals surface area contributed by atoms with Crippen LogP contribution in [0.2, 0.25) is 0 Å². The Morgan fingerprint density at radius 3 is 0.538 bits per heavy atom. The second-order valence-electron chi connectivity index (χ2n) is 13.0. The van der Waals surface area contributed by atoms with Gasteiger partial charge in [0.1, 0.15) is 0 Å². The van der Waals surface area contributed by atoms with Gasteiger partial charge >= 0.3 is 0 Å². The van der Waals surface area contributed by atoms with Crippen LogP contribution in [-0.4, -0.2) is 13.1 Å². The first-order chi connectivity index (χ1) is 19.4. The van der Waals surface area contributed by atoms with E-state index in [9.17, 15) is 0 Å². The van der Waals surface area contributed by atoms with E-state index in [1.54, 1.807) is 0 Å². The molecule has 0 atom stereocenters. The molecule has 0 saturated carbocycles. The first kappa shape index (κ1) is 39.0. The molecule has 0 saturated heterocycles. The van der Waals surface area contributed by atoms with E-state index in [1.807, 2.05) is 0 Å². The van der Waals surface area contributed by atoms with E-state index in [0.717, 1.165) is 13.1 Å². The van der Waals surface area contributed by atoms with Crippen molar-refractivity contribution >= 4 is 0 Å². The third kappa shape index (κ3) is 38.0. The van der Waals surface area contributed by atoms with Gasteiger partial charge in [-0.2, -0.15) is 0 Å². The third-order valence-electron chi connectivity index (χ3n) is 8.84. The summed E-state index contributed by atoms with van der Waals surface area (Å²) >= 11 is 0. The molecular formula is C38H78N. The molecular weight excluding hydrogens is 470 g/mol. The van der Waals surface area contributed by atoms with Gasteiger partial charge in [-0.05, 0) is 12.8 Å². The van der Waals surface area contributed by atoms with E-state index in [0.29, 0.717) is 0 Å². The minimum atomic E-state index is 1.12. The molecule has 0 rings (SSSR count). The maximum Gasteiger partial charge on any atom is 0.0133 e. The molecule has 0 aromatic rings. The van der Waals surface area contributed by atoms with Crippen LogP contribution in [0.15, 0.2) is 0 Å². The standard InChI is InChI=1S/C38H78N/c1-3-5-7-9-11-13-15-17-19-21-23-25-27-29-31-33-35-37-39-38-36-34-32-30-28-26-24-22-20-18-16-14-12-10-8-6-4-2/h3-38H2,1-2H3. The number of hydrogen-bond acceptors (Lipinski definition) is 0. The van der Waals surface area contributed by atoms with Crippen molar-refractivity contribution in [3.8, 4) is 0 Å². The monoisotopic (exact) mass is 549 g/mol. The maximum absolute atomic E-state index is 4.79. The van der Waals surface area contributed by atoms with Crippen LogP contribution in [0.25, 0.3) is 0 Å². The molecule has 0 aliphatic heterocycles. The van der Waals surface area contributed by atoms with Crippen LogP contribution in [0.5, 0.6) is 0 Å². The zero-order valence-electron chi connectivity index (χ0n) is 27.9. The number of rotatable bonds is 36. The van der Waals surface area contributed by atoms with Gasteiger partial charge in [-0.3, -0.25) is 0 Å². The van der Waals surface area contributed by atoms with Gasteiger partial charge in [-0.1, -0.05) is 219 Å². The van der Waals surface area contributed by atoms with Crippen molar-refractivity contribution in [1.82, 2.24) is 5.32 Å². The molecule has 0 aliphatic carbocycles. The van der Waals surface area contributed by atoms with Gasteiger partial charge in [0.05, 0.1) is 0 Å². The Bertz CT molecular complexity index is 356. The molecule has 0 heterocycles. The summed E-state index contributed by atoms with van der Waals surface area (Å²) < 4.78 is 0. The lowest BCUT2D eigenvalue weighted by Crippen LogP contribution is -2.08. The average Bonchev–Trinajstić information content (AvgIpc) is 2.95. The van der Waals surface area contributed by atoms with Gasteiger partial charge < -0.3 is 0 Å². The van der Waals surface area contributed by atoms with Gasteiger partial charge in [-0.25, -0.2) is 5.32 Å². The van der Waals surface area contributed by atoms with Crippen LogP contribution in [0.3, 0.4) is 0 Å². The fourth-order valence-corrected chi connectivity index (χ4v) is 6.01. The summed E-state index contributed by atoms with van der Waals surface area (Å²) in [6.07, 6.45) is 49.4. The van der Waals surface area contributed by atoms with Crippen LogP contribution in [0, 0.1) is 0 Å². The molecule has 0 aromatic heterocycles. The smallest absolute Gasteiger partial charge is 0.0133 e. The molecule has 0 bridgehead atoms. The van der Waals surface area contributed by atoms with Crippen molar-refractivity contribution in [3.63, 3.8) is 0 Å². The molecule has 1 heteroatoms. The van der Waals surface area contributed by atoms with Crippen molar-refractivity contribution in [2.45, 2.75) is 232 Å². The van der Waals surface area contributed by atoms with E-state index in [2.05, 4.69) is 13.8 Å². The van der Waals surface area contributed by atoms with Crippen molar-refractivity contribution in [1.29, 1.82) is 0 Å². The van der Waals surface area contributed by atoms with Crippen molar-refractivity contribution in [2.24, 2.45) is 0 Å². The lowest BCUT2D eigenvalue weighted by Gasteiger charge is -2.05. The van der Waals surface area contributed by atoms with Crippen molar-refractivity contribution < 1.29 is 0 Å². The quantitative estimate of drug-likeness (QED) is 0.0691. The molecule has 0 spiro atoms. The molecule has 0 fully saturated rings. The van der Waals surface area contributed by atoms with Crippen molar-refractivity contribution in [2.75, 3.05) is 13.1 Å². The topological polar surface area (TPSA) is 14.1 Å². The predicted molar refractivity (Wildman–Crippen MR) is 180 cm³/mol. The summed E-state index contributed by atoms with van der Waals surface area (Å²) in [7, 11) is 0. The Morgan fingerprint density at radius 1 is 0.205 bits per heavy atom. The zero-order valence-corrected chi connectivity index (χ0v) is 27.9. The lowest BCUT2D eigenvalue weighted by molar-refractivity contribution is 0.512. The SMILES string of the molecule is CCCCCCCCCCCCCCCCCCC[N]CCCCCCCCCCCCCCCCCCC. The molecule has 0 aliphatic rings. The Labute approximate surface area is 250 Å². The van der Waals surface area contributed by atoms with Crippen LogP contribution in [0.1, 0.15) is 232 Å². The van der Waals surface area contributed by atoms with E-state index >= 15 is 0 Å². The highest BCUT2D eigenvalue weighted by Crippen LogP contribution is 2.15. The summed E-state index contributed by atoms with van der Waals surface area (Å²) in [6.45, 7) is 6.86. The van der Waals surface area contributed by atoms with Crippen LogP contribution >= 0.6 is 0 Å². The minimum Gasteiger partial charge on any atom is -0.242 e.